The van der Waals surface area contributed by atoms with Crippen LogP contribution in [0.25, 0.3) is 0 Å². The molecule has 1 amide bonds. The Morgan fingerprint density at radius 3 is 2.50 bits per heavy atom. The van der Waals surface area contributed by atoms with E-state index in [0.717, 1.165) is 22.4 Å². The molecule has 0 aliphatic carbocycles. The Balaban J connectivity index is 1.95. The topological polar surface area (TPSA) is 103 Å². The van der Waals surface area contributed by atoms with E-state index in [1.807, 2.05) is 36.4 Å². The zero-order chi connectivity index (χ0) is 18.5. The van der Waals surface area contributed by atoms with Gasteiger partial charge in [0, 0.05) is 30.3 Å². The van der Waals surface area contributed by atoms with Crippen molar-refractivity contribution in [3.05, 3.63) is 53.1 Å². The molecule has 2 aromatic carbocycles. The highest BCUT2D eigenvalue weighted by molar-refractivity contribution is 6.14. The number of likely N-dealkylation sites (N-methyl/N-ethyl adjacent to an activating group) is 1. The monoisotopic (exact) mass is 352 g/mol. The van der Waals surface area contributed by atoms with E-state index in [0.29, 0.717) is 23.6 Å². The van der Waals surface area contributed by atoms with Crippen LogP contribution in [0.4, 0.5) is 5.69 Å². The molecule has 0 spiro atoms. The maximum absolute atomic E-state index is 12.2. The first-order valence-electron chi connectivity index (χ1n) is 8.29. The Bertz CT molecular complexity index is 923. The third kappa shape index (κ3) is 2.44. The van der Waals surface area contributed by atoms with Gasteiger partial charge in [-0.1, -0.05) is 12.1 Å². The zero-order valence-corrected chi connectivity index (χ0v) is 14.7. The maximum Gasteiger partial charge on any atom is 0.245 e. The summed E-state index contributed by atoms with van der Waals surface area (Å²) in [4.78, 5) is 12.2. The SMILES string of the molecule is CN1N=C(c2ccc(N)cc2)c2cc3c(cc2CC1(C)C(N)=O)OCO3. The predicted octanol–water partition coefficient (Wildman–Crippen LogP) is 1.48. The van der Waals surface area contributed by atoms with E-state index >= 15 is 0 Å². The molecular formula is C19H20N4O3. The van der Waals surface area contributed by atoms with Gasteiger partial charge in [-0.2, -0.15) is 5.10 Å². The van der Waals surface area contributed by atoms with Gasteiger partial charge in [-0.3, -0.25) is 9.80 Å². The van der Waals surface area contributed by atoms with Crippen molar-refractivity contribution in [2.24, 2.45) is 10.8 Å². The number of nitrogens with zero attached hydrogens (tertiary/aromatic N) is 2. The van der Waals surface area contributed by atoms with Gasteiger partial charge >= 0.3 is 0 Å². The van der Waals surface area contributed by atoms with Crippen molar-refractivity contribution in [3.8, 4) is 11.5 Å². The normalized spacial score (nSPS) is 21.0. The lowest BCUT2D eigenvalue weighted by molar-refractivity contribution is -0.128. The molecular weight excluding hydrogens is 332 g/mol. The molecule has 2 aliphatic heterocycles. The molecule has 26 heavy (non-hydrogen) atoms. The second-order valence-electron chi connectivity index (χ2n) is 6.77. The number of anilines is 1. The molecule has 7 heteroatoms. The van der Waals surface area contributed by atoms with Crippen LogP contribution < -0.4 is 20.9 Å². The smallest absolute Gasteiger partial charge is 0.245 e. The number of carbonyl (C=O) groups excluding carboxylic acids is 1. The predicted molar refractivity (Wildman–Crippen MR) is 98.1 cm³/mol. The summed E-state index contributed by atoms with van der Waals surface area (Å²) in [5, 5.41) is 6.36. The lowest BCUT2D eigenvalue weighted by Crippen LogP contribution is -2.53. The van der Waals surface area contributed by atoms with Crippen LogP contribution in [-0.2, 0) is 11.2 Å². The molecule has 0 fully saturated rings. The second kappa shape index (κ2) is 5.66. The van der Waals surface area contributed by atoms with Gasteiger partial charge in [-0.05, 0) is 36.8 Å². The molecule has 0 saturated carbocycles. The summed E-state index contributed by atoms with van der Waals surface area (Å²) < 4.78 is 11.0. The first-order chi connectivity index (χ1) is 12.4. The van der Waals surface area contributed by atoms with Crippen molar-refractivity contribution in [3.63, 3.8) is 0 Å². The van der Waals surface area contributed by atoms with Gasteiger partial charge < -0.3 is 20.9 Å². The van der Waals surface area contributed by atoms with E-state index in [2.05, 4.69) is 0 Å². The van der Waals surface area contributed by atoms with Crippen molar-refractivity contribution < 1.29 is 14.3 Å². The fraction of sp³-hybridized carbons (Fsp3) is 0.263. The average molecular weight is 352 g/mol. The van der Waals surface area contributed by atoms with Crippen LogP contribution in [0.5, 0.6) is 11.5 Å². The molecule has 2 aliphatic rings. The maximum atomic E-state index is 12.2. The number of fused-ring (bicyclic) bond motifs is 2. The van der Waals surface area contributed by atoms with Gasteiger partial charge in [0.1, 0.15) is 5.54 Å². The highest BCUT2D eigenvalue weighted by atomic mass is 16.7. The minimum Gasteiger partial charge on any atom is -0.454 e. The van der Waals surface area contributed by atoms with E-state index in [1.54, 1.807) is 19.0 Å². The Morgan fingerprint density at radius 1 is 1.19 bits per heavy atom. The number of primary amides is 1. The summed E-state index contributed by atoms with van der Waals surface area (Å²) in [5.74, 6) is 0.889. The molecule has 1 atom stereocenters. The van der Waals surface area contributed by atoms with Gasteiger partial charge in [0.25, 0.3) is 0 Å². The molecule has 0 aromatic heterocycles. The highest BCUT2D eigenvalue weighted by Crippen LogP contribution is 2.39. The fourth-order valence-corrected chi connectivity index (χ4v) is 3.25. The standard InChI is InChI=1S/C19H20N4O3/c1-19(18(21)24)9-12-7-15-16(26-10-25-15)8-14(12)17(22-23(19)2)11-3-5-13(20)6-4-11/h3-8H,9-10,20H2,1-2H3,(H2,21,24). The summed E-state index contributed by atoms with van der Waals surface area (Å²) in [5.41, 5.74) is 14.7. The summed E-state index contributed by atoms with van der Waals surface area (Å²) >= 11 is 0. The number of benzene rings is 2. The van der Waals surface area contributed by atoms with Crippen LogP contribution in [0, 0.1) is 0 Å². The van der Waals surface area contributed by atoms with Gasteiger partial charge in [-0.15, -0.1) is 0 Å². The molecule has 2 aromatic rings. The van der Waals surface area contributed by atoms with Crippen LogP contribution in [0.1, 0.15) is 23.6 Å². The largest absolute Gasteiger partial charge is 0.454 e. The minimum atomic E-state index is -0.960. The second-order valence-corrected chi connectivity index (χ2v) is 6.77. The van der Waals surface area contributed by atoms with Crippen molar-refractivity contribution >= 4 is 17.3 Å². The van der Waals surface area contributed by atoms with E-state index < -0.39 is 11.4 Å². The van der Waals surface area contributed by atoms with Crippen molar-refractivity contribution in [1.82, 2.24) is 5.01 Å². The first kappa shape index (κ1) is 16.3. The summed E-state index contributed by atoms with van der Waals surface area (Å²) in [6.45, 7) is 1.97. The Kier molecular flexibility index (Phi) is 3.54. The number of nitrogens with two attached hydrogens (primary N) is 2. The van der Waals surface area contributed by atoms with Crippen molar-refractivity contribution in [1.29, 1.82) is 0 Å². The van der Waals surface area contributed by atoms with Gasteiger partial charge in [-0.25, -0.2) is 0 Å². The highest BCUT2D eigenvalue weighted by Gasteiger charge is 2.40. The third-order valence-electron chi connectivity index (χ3n) is 5.07. The fourth-order valence-electron chi connectivity index (χ4n) is 3.25. The number of ether oxygens (including phenoxy) is 2. The third-order valence-corrected chi connectivity index (χ3v) is 5.07. The molecule has 134 valence electrons. The van der Waals surface area contributed by atoms with Gasteiger partial charge in [0.15, 0.2) is 11.5 Å². The Hall–Kier alpha value is -3.22. The summed E-state index contributed by atoms with van der Waals surface area (Å²) in [6.07, 6.45) is 0.410. The molecule has 0 saturated heterocycles. The van der Waals surface area contributed by atoms with Gasteiger partial charge in [0.2, 0.25) is 12.7 Å². The number of rotatable bonds is 2. The molecule has 0 bridgehead atoms. The lowest BCUT2D eigenvalue weighted by atomic mass is 9.87. The lowest BCUT2D eigenvalue weighted by Gasteiger charge is -2.32. The molecule has 7 nitrogen and oxygen atoms in total. The number of nitrogen functional groups attached to an aromatic ring is 1. The first-order valence-corrected chi connectivity index (χ1v) is 8.29. The summed E-state index contributed by atoms with van der Waals surface area (Å²) in [6, 6.07) is 11.3. The van der Waals surface area contributed by atoms with Gasteiger partial charge in [0.05, 0.1) is 5.71 Å². The quantitative estimate of drug-likeness (QED) is 0.797. The molecule has 0 radical (unpaired) electrons. The number of amides is 1. The van der Waals surface area contributed by atoms with E-state index in [-0.39, 0.29) is 6.79 Å². The number of hydrogen-bond donors (Lipinski definition) is 2. The van der Waals surface area contributed by atoms with E-state index in [4.69, 9.17) is 26.0 Å². The number of hydrogen-bond acceptors (Lipinski definition) is 6. The molecule has 4 rings (SSSR count). The van der Waals surface area contributed by atoms with Crippen LogP contribution in [0.15, 0.2) is 41.5 Å². The average Bonchev–Trinajstić information content (AvgIpc) is 3.02. The van der Waals surface area contributed by atoms with Crippen molar-refractivity contribution in [2.75, 3.05) is 19.6 Å². The molecule has 4 N–H and O–H groups in total. The van der Waals surface area contributed by atoms with E-state index in [1.165, 1.54) is 0 Å². The number of hydrazone groups is 1. The zero-order valence-electron chi connectivity index (χ0n) is 14.7. The Morgan fingerprint density at radius 2 is 1.85 bits per heavy atom. The summed E-state index contributed by atoms with van der Waals surface area (Å²) in [7, 11) is 1.76. The van der Waals surface area contributed by atoms with Crippen LogP contribution >= 0.6 is 0 Å². The van der Waals surface area contributed by atoms with Crippen LogP contribution in [-0.4, -0.2) is 36.0 Å². The van der Waals surface area contributed by atoms with Crippen molar-refractivity contribution in [2.45, 2.75) is 18.9 Å². The minimum absolute atomic E-state index is 0.180. The molecule has 2 heterocycles. The number of carbonyl (C=O) groups is 1. The Labute approximate surface area is 151 Å². The van der Waals surface area contributed by atoms with E-state index in [9.17, 15) is 4.79 Å². The van der Waals surface area contributed by atoms with Crippen LogP contribution in [0.2, 0.25) is 0 Å². The molecule has 1 unspecified atom stereocenters. The van der Waals surface area contributed by atoms with Crippen LogP contribution in [0.3, 0.4) is 0 Å².